The summed E-state index contributed by atoms with van der Waals surface area (Å²) in [7, 11) is 0. The fourth-order valence-electron chi connectivity index (χ4n) is 2.98. The lowest BCUT2D eigenvalue weighted by Gasteiger charge is -2.12. The monoisotopic (exact) mass is 427 g/mol. The van der Waals surface area contributed by atoms with E-state index in [1.807, 2.05) is 0 Å². The Morgan fingerprint density at radius 3 is 2.71 bits per heavy atom. The van der Waals surface area contributed by atoms with Crippen LogP contribution in [0.25, 0.3) is 6.08 Å². The first-order valence-corrected chi connectivity index (χ1v) is 9.18. The summed E-state index contributed by atoms with van der Waals surface area (Å²) in [6, 6.07) is 8.30. The van der Waals surface area contributed by atoms with E-state index in [9.17, 15) is 14.4 Å². The number of rotatable bonds is 7. The average molecular weight is 427 g/mol. The van der Waals surface area contributed by atoms with Gasteiger partial charge in [0.1, 0.15) is 17.5 Å². The summed E-state index contributed by atoms with van der Waals surface area (Å²) < 4.78 is 21.6. The number of nitrogens with one attached hydrogen (secondary N) is 1. The molecule has 1 atom stereocenters. The van der Waals surface area contributed by atoms with Crippen molar-refractivity contribution in [3.05, 3.63) is 53.3 Å². The number of ketones is 1. The van der Waals surface area contributed by atoms with Crippen LogP contribution in [0.3, 0.4) is 0 Å². The van der Waals surface area contributed by atoms with Gasteiger partial charge >= 0.3 is 5.97 Å². The van der Waals surface area contributed by atoms with Crippen molar-refractivity contribution < 1.29 is 43.5 Å². The van der Waals surface area contributed by atoms with E-state index in [-0.39, 0.29) is 29.8 Å². The molecule has 31 heavy (non-hydrogen) atoms. The summed E-state index contributed by atoms with van der Waals surface area (Å²) in [6.45, 7) is -1.07. The molecule has 2 aliphatic heterocycles. The van der Waals surface area contributed by atoms with Crippen molar-refractivity contribution in [1.29, 1.82) is 0 Å². The van der Waals surface area contributed by atoms with E-state index in [4.69, 9.17) is 29.2 Å². The third-order valence-electron chi connectivity index (χ3n) is 4.52. The molecule has 0 bridgehead atoms. The van der Waals surface area contributed by atoms with Gasteiger partial charge in [0.2, 0.25) is 12.6 Å². The third kappa shape index (κ3) is 4.28. The van der Waals surface area contributed by atoms with Crippen molar-refractivity contribution in [3.63, 3.8) is 0 Å². The van der Waals surface area contributed by atoms with Gasteiger partial charge in [0.25, 0.3) is 5.91 Å². The molecular formula is C21H17NO9. The number of Topliss-reactive ketones (excluding diaryl/α,β-unsaturated/α-hetero) is 1. The maximum Gasteiger partial charge on any atom is 0.328 e. The van der Waals surface area contributed by atoms with Crippen molar-refractivity contribution in [2.75, 3.05) is 20.0 Å². The summed E-state index contributed by atoms with van der Waals surface area (Å²) >= 11 is 0. The number of hydrogen-bond acceptors (Lipinski definition) is 8. The van der Waals surface area contributed by atoms with Crippen LogP contribution in [-0.2, 0) is 9.59 Å². The van der Waals surface area contributed by atoms with E-state index in [2.05, 4.69) is 5.32 Å². The number of ether oxygens (including phenoxy) is 4. The molecule has 10 nitrogen and oxygen atoms in total. The maximum absolute atomic E-state index is 12.6. The highest BCUT2D eigenvalue weighted by atomic mass is 16.7. The molecule has 160 valence electrons. The average Bonchev–Trinajstić information content (AvgIpc) is 3.34. The van der Waals surface area contributed by atoms with Crippen LogP contribution in [0.5, 0.6) is 23.0 Å². The Morgan fingerprint density at radius 1 is 1.13 bits per heavy atom. The molecule has 0 saturated carbocycles. The van der Waals surface area contributed by atoms with Gasteiger partial charge in [-0.1, -0.05) is 6.07 Å². The van der Waals surface area contributed by atoms with Gasteiger partial charge in [0.15, 0.2) is 23.9 Å². The first-order valence-electron chi connectivity index (χ1n) is 9.18. The summed E-state index contributed by atoms with van der Waals surface area (Å²) in [5.41, 5.74) is 1.04. The van der Waals surface area contributed by atoms with Crippen LogP contribution in [0.15, 0.2) is 42.2 Å². The standard InChI is InChI=1S/C21H17NO9/c23-8-14(21(26)27)22-19(24)9-28-12-2-3-13-16(7-12)31-18(20(13)25)6-11-1-4-15-17(5-11)30-10-29-15/h1-7,14,23H,8-10H2,(H,22,24)(H,26,27). The van der Waals surface area contributed by atoms with Gasteiger partial charge in [-0.15, -0.1) is 0 Å². The second kappa shape index (κ2) is 8.36. The van der Waals surface area contributed by atoms with Crippen molar-refractivity contribution in [2.24, 2.45) is 0 Å². The van der Waals surface area contributed by atoms with Gasteiger partial charge < -0.3 is 34.5 Å². The fraction of sp³-hybridized carbons (Fsp3) is 0.190. The summed E-state index contributed by atoms with van der Waals surface area (Å²) in [5.74, 6) is -0.526. The predicted octanol–water partition coefficient (Wildman–Crippen LogP) is 0.972. The quantitative estimate of drug-likeness (QED) is 0.551. The lowest BCUT2D eigenvalue weighted by atomic mass is 10.1. The van der Waals surface area contributed by atoms with Crippen LogP contribution in [0, 0.1) is 0 Å². The maximum atomic E-state index is 12.6. The number of carboxylic acids is 1. The summed E-state index contributed by atoms with van der Waals surface area (Å²) in [4.78, 5) is 35.2. The molecule has 4 rings (SSSR count). The predicted molar refractivity (Wildman–Crippen MR) is 104 cm³/mol. The highest BCUT2D eigenvalue weighted by Gasteiger charge is 2.28. The second-order valence-electron chi connectivity index (χ2n) is 6.64. The molecule has 1 amide bonds. The summed E-state index contributed by atoms with van der Waals surface area (Å²) in [6.07, 6.45) is 1.58. The van der Waals surface area contributed by atoms with Gasteiger partial charge in [-0.25, -0.2) is 4.79 Å². The molecule has 0 fully saturated rings. The minimum atomic E-state index is -1.42. The Balaban J connectivity index is 1.42. The number of hydrogen-bond donors (Lipinski definition) is 3. The van der Waals surface area contributed by atoms with E-state index >= 15 is 0 Å². The molecule has 0 spiro atoms. The number of aliphatic hydroxyl groups excluding tert-OH is 1. The highest BCUT2D eigenvalue weighted by Crippen LogP contribution is 2.37. The van der Waals surface area contributed by atoms with E-state index < -0.39 is 31.1 Å². The van der Waals surface area contributed by atoms with Crippen molar-refractivity contribution in [1.82, 2.24) is 5.32 Å². The number of aliphatic hydroxyl groups is 1. The number of fused-ring (bicyclic) bond motifs is 2. The molecule has 10 heteroatoms. The smallest absolute Gasteiger partial charge is 0.328 e. The highest BCUT2D eigenvalue weighted by molar-refractivity contribution is 6.14. The Bertz CT molecular complexity index is 1090. The molecule has 3 N–H and O–H groups in total. The van der Waals surface area contributed by atoms with Crippen LogP contribution in [0.2, 0.25) is 0 Å². The van der Waals surface area contributed by atoms with Gasteiger partial charge in [-0.3, -0.25) is 9.59 Å². The third-order valence-corrected chi connectivity index (χ3v) is 4.52. The normalized spacial score (nSPS) is 15.9. The minimum Gasteiger partial charge on any atom is -0.484 e. The SMILES string of the molecule is O=C(COc1ccc2c(c1)OC(=Cc1ccc3c(c1)OCO3)C2=O)NC(CO)C(=O)O. The number of allylic oxidation sites excluding steroid dienone is 1. The van der Waals surface area contributed by atoms with Gasteiger partial charge in [0.05, 0.1) is 12.2 Å². The van der Waals surface area contributed by atoms with Crippen molar-refractivity contribution in [2.45, 2.75) is 6.04 Å². The van der Waals surface area contributed by atoms with E-state index in [0.29, 0.717) is 22.6 Å². The Morgan fingerprint density at radius 2 is 1.94 bits per heavy atom. The molecule has 2 heterocycles. The fourth-order valence-corrected chi connectivity index (χ4v) is 2.98. The molecule has 2 aromatic carbocycles. The zero-order valence-electron chi connectivity index (χ0n) is 16.0. The number of carboxylic acid groups (broad SMARTS) is 1. The first-order chi connectivity index (χ1) is 14.9. The van der Waals surface area contributed by atoms with Crippen LogP contribution in [0.4, 0.5) is 0 Å². The lowest BCUT2D eigenvalue weighted by Crippen LogP contribution is -2.45. The Hall–Kier alpha value is -4.05. The molecular weight excluding hydrogens is 410 g/mol. The Kier molecular flexibility index (Phi) is 5.46. The topological polar surface area (TPSA) is 141 Å². The number of benzene rings is 2. The lowest BCUT2D eigenvalue weighted by molar-refractivity contribution is -0.143. The van der Waals surface area contributed by atoms with Crippen LogP contribution >= 0.6 is 0 Å². The zero-order valence-corrected chi connectivity index (χ0v) is 16.0. The van der Waals surface area contributed by atoms with Crippen LogP contribution < -0.4 is 24.3 Å². The number of carbonyl (C=O) groups is 3. The molecule has 2 aromatic rings. The van der Waals surface area contributed by atoms with Crippen LogP contribution in [-0.4, -0.2) is 53.9 Å². The molecule has 0 aromatic heterocycles. The summed E-state index contributed by atoms with van der Waals surface area (Å²) in [5, 5.41) is 19.9. The van der Waals surface area contributed by atoms with E-state index in [1.165, 1.54) is 18.2 Å². The number of amides is 1. The van der Waals surface area contributed by atoms with Gasteiger partial charge in [-0.05, 0) is 35.9 Å². The van der Waals surface area contributed by atoms with Gasteiger partial charge in [0, 0.05) is 6.07 Å². The molecule has 2 aliphatic rings. The van der Waals surface area contributed by atoms with Crippen molar-refractivity contribution in [3.8, 4) is 23.0 Å². The Labute approximate surface area is 175 Å². The van der Waals surface area contributed by atoms with E-state index in [0.717, 1.165) is 0 Å². The van der Waals surface area contributed by atoms with Crippen LogP contribution in [0.1, 0.15) is 15.9 Å². The molecule has 0 aliphatic carbocycles. The second-order valence-corrected chi connectivity index (χ2v) is 6.64. The largest absolute Gasteiger partial charge is 0.484 e. The zero-order chi connectivity index (χ0) is 22.0. The number of carbonyl (C=O) groups excluding carboxylic acids is 2. The molecule has 0 radical (unpaired) electrons. The van der Waals surface area contributed by atoms with Crippen molar-refractivity contribution >= 4 is 23.7 Å². The first kappa shape index (κ1) is 20.2. The van der Waals surface area contributed by atoms with E-state index in [1.54, 1.807) is 24.3 Å². The molecule has 0 saturated heterocycles. The van der Waals surface area contributed by atoms with Gasteiger partial charge in [-0.2, -0.15) is 0 Å². The molecule has 1 unspecified atom stereocenters. The number of aliphatic carboxylic acids is 1. The minimum absolute atomic E-state index is 0.121.